The number of nitrogens with zero attached hydrogens (tertiary/aromatic N) is 4. The number of phenolic OH excluding ortho intramolecular Hbond substituents is 1. The Bertz CT molecular complexity index is 1850. The van der Waals surface area contributed by atoms with Gasteiger partial charge in [-0.05, 0) is 112 Å². The molecule has 2 atom stereocenters. The van der Waals surface area contributed by atoms with Crippen molar-refractivity contribution in [3.05, 3.63) is 81.2 Å². The number of likely N-dealkylation sites (tertiary alicyclic amines) is 1. The molecule has 0 aromatic heterocycles. The van der Waals surface area contributed by atoms with Crippen LogP contribution in [-0.2, 0) is 20.8 Å². The topological polar surface area (TPSA) is 173 Å². The Kier molecular flexibility index (Phi) is 13.7. The van der Waals surface area contributed by atoms with E-state index in [-0.39, 0.29) is 24.0 Å². The number of amides is 5. The summed E-state index contributed by atoms with van der Waals surface area (Å²) in [5.41, 5.74) is 7.58. The van der Waals surface area contributed by atoms with Crippen molar-refractivity contribution in [2.24, 2.45) is 5.73 Å². The molecule has 3 saturated heterocycles. The molecular formula is C40H50Br2N8O6. The summed E-state index contributed by atoms with van der Waals surface area (Å²) in [7, 11) is 1.64. The highest BCUT2D eigenvalue weighted by Gasteiger charge is 2.51. The van der Waals surface area contributed by atoms with Gasteiger partial charge in [0, 0.05) is 51.4 Å². The van der Waals surface area contributed by atoms with Crippen LogP contribution in [0.1, 0.15) is 37.7 Å². The summed E-state index contributed by atoms with van der Waals surface area (Å²) in [5, 5.41) is 19.3. The van der Waals surface area contributed by atoms with E-state index in [4.69, 9.17) is 10.5 Å². The van der Waals surface area contributed by atoms with E-state index < -0.39 is 29.6 Å². The van der Waals surface area contributed by atoms with E-state index >= 15 is 0 Å². The number of carbonyl (C=O) groups is 4. The first kappa shape index (κ1) is 41.1. The summed E-state index contributed by atoms with van der Waals surface area (Å²) in [6.45, 7) is 3.57. The van der Waals surface area contributed by atoms with Gasteiger partial charge in [0.2, 0.25) is 17.7 Å². The molecule has 3 aliphatic rings. The van der Waals surface area contributed by atoms with Gasteiger partial charge in [0.1, 0.15) is 29.1 Å². The van der Waals surface area contributed by atoms with Gasteiger partial charge in [-0.2, -0.15) is 0 Å². The number of urea groups is 1. The maximum absolute atomic E-state index is 14.3. The molecule has 0 saturated carbocycles. The fourth-order valence-electron chi connectivity index (χ4n) is 7.84. The zero-order valence-electron chi connectivity index (χ0n) is 31.5. The van der Waals surface area contributed by atoms with Crippen molar-refractivity contribution in [3.63, 3.8) is 0 Å². The molecule has 1 spiro atoms. The second-order valence-corrected chi connectivity index (χ2v) is 16.1. The third-order valence-corrected chi connectivity index (χ3v) is 12.2. The van der Waals surface area contributed by atoms with Crippen LogP contribution in [0.15, 0.2) is 75.7 Å². The maximum Gasteiger partial charge on any atom is 0.318 e. The highest BCUT2D eigenvalue weighted by atomic mass is 79.9. The van der Waals surface area contributed by atoms with Crippen LogP contribution in [0.5, 0.6) is 11.5 Å². The van der Waals surface area contributed by atoms with Crippen LogP contribution in [0, 0.1) is 0 Å². The van der Waals surface area contributed by atoms with E-state index in [0.29, 0.717) is 99.1 Å². The largest absolute Gasteiger partial charge is 0.506 e. The Balaban J connectivity index is 1.16. The smallest absolute Gasteiger partial charge is 0.318 e. The second-order valence-electron chi connectivity index (χ2n) is 14.4. The number of ether oxygens (including phenoxy) is 1. The van der Waals surface area contributed by atoms with E-state index in [2.05, 4.69) is 57.6 Å². The molecule has 3 fully saturated rings. The summed E-state index contributed by atoms with van der Waals surface area (Å²) in [5.74, 6) is 0.0274. The zero-order valence-corrected chi connectivity index (χ0v) is 34.7. The molecule has 0 aliphatic carbocycles. The zero-order chi connectivity index (χ0) is 39.8. The lowest BCUT2D eigenvalue weighted by Crippen LogP contribution is -2.61. The SMILES string of the molecule is COc1ccccc1N1CCN(C(=O)[C@H](CCCCN)NC(=O)[C@@H](Cc2cc(Br)c(O)c(Br)c2)NC(=O)N2CCC3(CC2)C(=O)NCN3c2ccccc2)CC1. The number of phenols is 1. The molecule has 6 N–H and O–H groups in total. The van der Waals surface area contributed by atoms with Crippen LogP contribution >= 0.6 is 31.9 Å². The summed E-state index contributed by atoms with van der Waals surface area (Å²) in [6.07, 6.45) is 2.62. The van der Waals surface area contributed by atoms with Crippen molar-refractivity contribution >= 4 is 67.0 Å². The van der Waals surface area contributed by atoms with Crippen molar-refractivity contribution in [2.45, 2.75) is 56.1 Å². The molecule has 3 aliphatic heterocycles. The molecule has 3 aromatic carbocycles. The average molecular weight is 899 g/mol. The number of para-hydroxylation sites is 3. The van der Waals surface area contributed by atoms with Crippen molar-refractivity contribution in [1.82, 2.24) is 25.8 Å². The minimum Gasteiger partial charge on any atom is -0.506 e. The number of unbranched alkanes of at least 4 members (excludes halogenated alkanes) is 1. The number of piperazine rings is 1. The molecule has 300 valence electrons. The number of anilines is 2. The lowest BCUT2D eigenvalue weighted by molar-refractivity contribution is -0.137. The predicted octanol–water partition coefficient (Wildman–Crippen LogP) is 3.94. The Morgan fingerprint density at radius 3 is 2.21 bits per heavy atom. The van der Waals surface area contributed by atoms with Crippen LogP contribution < -0.4 is 36.2 Å². The lowest BCUT2D eigenvalue weighted by Gasteiger charge is -2.43. The second kappa shape index (κ2) is 18.6. The molecule has 0 bridgehead atoms. The fourth-order valence-corrected chi connectivity index (χ4v) is 9.12. The van der Waals surface area contributed by atoms with Crippen molar-refractivity contribution < 1.29 is 29.0 Å². The molecular weight excluding hydrogens is 848 g/mol. The van der Waals surface area contributed by atoms with E-state index in [9.17, 15) is 24.3 Å². The molecule has 0 unspecified atom stereocenters. The van der Waals surface area contributed by atoms with Crippen LogP contribution in [0.2, 0.25) is 0 Å². The lowest BCUT2D eigenvalue weighted by atomic mass is 9.85. The minimum atomic E-state index is -1.07. The standard InChI is InChI=1S/C40H50Br2N8O6/c1-56-34-13-6-5-12-33(34)47-19-21-48(22-20-47)37(53)31(11-7-8-16-43)45-36(52)32(25-27-23-29(41)35(51)30(42)24-27)46-39(55)49-17-14-40(15-18-49)38(54)44-26-50(40)28-9-3-2-4-10-28/h2-6,9-10,12-13,23-24,31-32,51H,7-8,11,14-22,25-26,43H2,1H3,(H,44,54)(H,45,52)(H,46,55)/t31-,32+/m0/s1. The molecule has 6 rings (SSSR count). The van der Waals surface area contributed by atoms with Gasteiger partial charge in [-0.3, -0.25) is 14.4 Å². The number of nitrogens with two attached hydrogens (primary N) is 1. The molecule has 0 radical (unpaired) electrons. The van der Waals surface area contributed by atoms with Crippen molar-refractivity contribution in [1.29, 1.82) is 0 Å². The van der Waals surface area contributed by atoms with Gasteiger partial charge >= 0.3 is 6.03 Å². The van der Waals surface area contributed by atoms with E-state index in [1.54, 1.807) is 29.0 Å². The van der Waals surface area contributed by atoms with Crippen LogP contribution in [0.3, 0.4) is 0 Å². The number of nitrogens with one attached hydrogen (secondary N) is 3. The third kappa shape index (κ3) is 9.18. The van der Waals surface area contributed by atoms with Gasteiger partial charge < -0.3 is 51.1 Å². The van der Waals surface area contributed by atoms with Crippen LogP contribution in [-0.4, -0.2) is 116 Å². The third-order valence-electron chi connectivity index (χ3n) is 11.0. The van der Waals surface area contributed by atoms with Gasteiger partial charge in [0.15, 0.2) is 0 Å². The molecule has 14 nitrogen and oxygen atoms in total. The van der Waals surface area contributed by atoms with Gasteiger partial charge in [0.25, 0.3) is 0 Å². The first-order valence-corrected chi connectivity index (χ1v) is 20.6. The number of hydrogen-bond acceptors (Lipinski definition) is 9. The average Bonchev–Trinajstić information content (AvgIpc) is 3.53. The summed E-state index contributed by atoms with van der Waals surface area (Å²) in [4.78, 5) is 63.3. The number of aromatic hydroxyl groups is 1. The molecule has 56 heavy (non-hydrogen) atoms. The van der Waals surface area contributed by atoms with E-state index in [0.717, 1.165) is 17.1 Å². The number of methoxy groups -OCH3 is 1. The van der Waals surface area contributed by atoms with Gasteiger partial charge in [-0.1, -0.05) is 30.3 Å². The van der Waals surface area contributed by atoms with Gasteiger partial charge in [-0.15, -0.1) is 0 Å². The Morgan fingerprint density at radius 2 is 1.55 bits per heavy atom. The fraction of sp³-hybridized carbons (Fsp3) is 0.450. The van der Waals surface area contributed by atoms with Crippen molar-refractivity contribution in [2.75, 3.05) is 69.4 Å². The predicted molar refractivity (Wildman–Crippen MR) is 222 cm³/mol. The number of hydrogen-bond donors (Lipinski definition) is 5. The van der Waals surface area contributed by atoms with Crippen molar-refractivity contribution in [3.8, 4) is 11.5 Å². The first-order valence-electron chi connectivity index (χ1n) is 19.0. The number of rotatable bonds is 13. The normalized spacial score (nSPS) is 17.7. The monoisotopic (exact) mass is 896 g/mol. The minimum absolute atomic E-state index is 0.0119. The summed E-state index contributed by atoms with van der Waals surface area (Å²) in [6, 6.07) is 18.6. The quantitative estimate of drug-likeness (QED) is 0.160. The molecule has 16 heteroatoms. The maximum atomic E-state index is 14.3. The first-order chi connectivity index (χ1) is 27.0. The highest BCUT2D eigenvalue weighted by molar-refractivity contribution is 9.11. The molecule has 3 aromatic rings. The van der Waals surface area contributed by atoms with Crippen LogP contribution in [0.25, 0.3) is 0 Å². The molecule has 3 heterocycles. The number of benzene rings is 3. The Hall–Kier alpha value is -4.54. The number of halogens is 2. The highest BCUT2D eigenvalue weighted by Crippen LogP contribution is 2.37. The summed E-state index contributed by atoms with van der Waals surface area (Å²) >= 11 is 6.75. The van der Waals surface area contributed by atoms with Crippen LogP contribution in [0.4, 0.5) is 16.2 Å². The number of piperidine rings is 1. The van der Waals surface area contributed by atoms with E-state index in [1.807, 2.05) is 54.6 Å². The summed E-state index contributed by atoms with van der Waals surface area (Å²) < 4.78 is 6.41. The van der Waals surface area contributed by atoms with E-state index in [1.165, 1.54) is 0 Å². The van der Waals surface area contributed by atoms with Gasteiger partial charge in [-0.25, -0.2) is 4.79 Å². The Labute approximate surface area is 344 Å². The molecule has 5 amide bonds. The van der Waals surface area contributed by atoms with Gasteiger partial charge in [0.05, 0.1) is 28.4 Å². The number of carbonyl (C=O) groups excluding carboxylic acids is 4. The Morgan fingerprint density at radius 1 is 0.893 bits per heavy atom.